The standard InChI is InChI=1S/C10H20FNO/c1-8(2)12-5-10(11,6-12)7-13-9(3)4/h8-9H,5-7H2,1-4H3. The van der Waals surface area contributed by atoms with Gasteiger partial charge in [-0.15, -0.1) is 0 Å². The van der Waals surface area contributed by atoms with E-state index < -0.39 is 5.67 Å². The molecule has 1 aliphatic heterocycles. The molecule has 1 fully saturated rings. The second kappa shape index (κ2) is 3.93. The van der Waals surface area contributed by atoms with Gasteiger partial charge in [0, 0.05) is 19.1 Å². The van der Waals surface area contributed by atoms with E-state index in [4.69, 9.17) is 4.74 Å². The topological polar surface area (TPSA) is 12.5 Å². The molecule has 78 valence electrons. The van der Waals surface area contributed by atoms with Crippen LogP contribution in [-0.2, 0) is 4.74 Å². The van der Waals surface area contributed by atoms with Crippen molar-refractivity contribution in [3.05, 3.63) is 0 Å². The Kier molecular flexibility index (Phi) is 3.30. The van der Waals surface area contributed by atoms with Crippen LogP contribution in [0.3, 0.4) is 0 Å². The molecule has 0 atom stereocenters. The Balaban J connectivity index is 2.22. The SMILES string of the molecule is CC(C)OCC1(F)CN(C(C)C)C1. The molecule has 0 aliphatic carbocycles. The lowest BCUT2D eigenvalue weighted by Crippen LogP contribution is -2.63. The fourth-order valence-electron chi connectivity index (χ4n) is 1.45. The Labute approximate surface area is 80.1 Å². The van der Waals surface area contributed by atoms with E-state index in [1.165, 1.54) is 0 Å². The molecule has 3 heteroatoms. The van der Waals surface area contributed by atoms with E-state index in [1.54, 1.807) is 0 Å². The molecule has 0 bridgehead atoms. The summed E-state index contributed by atoms with van der Waals surface area (Å²) in [5.41, 5.74) is -1.09. The summed E-state index contributed by atoms with van der Waals surface area (Å²) in [7, 11) is 0. The second-order valence-corrected chi connectivity index (χ2v) is 4.51. The fourth-order valence-corrected chi connectivity index (χ4v) is 1.45. The lowest BCUT2D eigenvalue weighted by molar-refractivity contribution is -0.108. The van der Waals surface area contributed by atoms with Crippen LogP contribution in [0.5, 0.6) is 0 Å². The van der Waals surface area contributed by atoms with Gasteiger partial charge in [-0.2, -0.15) is 0 Å². The zero-order chi connectivity index (χ0) is 10.1. The van der Waals surface area contributed by atoms with E-state index in [0.29, 0.717) is 19.1 Å². The van der Waals surface area contributed by atoms with Gasteiger partial charge in [0.05, 0.1) is 12.7 Å². The van der Waals surface area contributed by atoms with Gasteiger partial charge >= 0.3 is 0 Å². The first-order valence-electron chi connectivity index (χ1n) is 4.97. The van der Waals surface area contributed by atoms with Crippen LogP contribution in [0.4, 0.5) is 4.39 Å². The summed E-state index contributed by atoms with van der Waals surface area (Å²) in [4.78, 5) is 2.11. The lowest BCUT2D eigenvalue weighted by atomic mass is 9.96. The fraction of sp³-hybridized carbons (Fsp3) is 1.00. The largest absolute Gasteiger partial charge is 0.375 e. The summed E-state index contributed by atoms with van der Waals surface area (Å²) in [6.45, 7) is 9.33. The molecule has 13 heavy (non-hydrogen) atoms. The highest BCUT2D eigenvalue weighted by atomic mass is 19.1. The first-order valence-corrected chi connectivity index (χ1v) is 4.97. The molecule has 0 unspecified atom stereocenters. The van der Waals surface area contributed by atoms with Gasteiger partial charge in [0.15, 0.2) is 5.67 Å². The predicted octanol–water partition coefficient (Wildman–Crippen LogP) is 1.84. The highest BCUT2D eigenvalue weighted by molar-refractivity contribution is 4.97. The monoisotopic (exact) mass is 189 g/mol. The predicted molar refractivity (Wildman–Crippen MR) is 51.6 cm³/mol. The number of likely N-dealkylation sites (tertiary alicyclic amines) is 1. The molecule has 0 amide bonds. The Morgan fingerprint density at radius 2 is 1.85 bits per heavy atom. The van der Waals surface area contributed by atoms with Gasteiger partial charge in [0.25, 0.3) is 0 Å². The zero-order valence-electron chi connectivity index (χ0n) is 9.01. The van der Waals surface area contributed by atoms with Crippen molar-refractivity contribution in [1.29, 1.82) is 0 Å². The van der Waals surface area contributed by atoms with E-state index in [-0.39, 0.29) is 12.7 Å². The van der Waals surface area contributed by atoms with E-state index in [0.717, 1.165) is 0 Å². The van der Waals surface area contributed by atoms with Crippen LogP contribution in [0.25, 0.3) is 0 Å². The Morgan fingerprint density at radius 1 is 1.31 bits per heavy atom. The van der Waals surface area contributed by atoms with Crippen molar-refractivity contribution >= 4 is 0 Å². The minimum atomic E-state index is -1.09. The van der Waals surface area contributed by atoms with Gasteiger partial charge in [-0.25, -0.2) is 4.39 Å². The average Bonchev–Trinajstić information content (AvgIpc) is 1.95. The summed E-state index contributed by atoms with van der Waals surface area (Å²) in [6.07, 6.45) is 0.126. The number of ether oxygens (including phenoxy) is 1. The minimum absolute atomic E-state index is 0.126. The molecule has 0 aromatic rings. The maximum Gasteiger partial charge on any atom is 0.159 e. The normalized spacial score (nSPS) is 22.4. The quantitative estimate of drug-likeness (QED) is 0.669. The van der Waals surface area contributed by atoms with E-state index in [9.17, 15) is 4.39 Å². The molecule has 2 nitrogen and oxygen atoms in total. The Bertz CT molecular complexity index is 159. The van der Waals surface area contributed by atoms with Crippen LogP contribution in [0, 0.1) is 0 Å². The molecule has 0 saturated carbocycles. The maximum absolute atomic E-state index is 13.7. The van der Waals surface area contributed by atoms with Gasteiger partial charge in [-0.1, -0.05) is 0 Å². The van der Waals surface area contributed by atoms with Crippen molar-refractivity contribution in [3.8, 4) is 0 Å². The average molecular weight is 189 g/mol. The van der Waals surface area contributed by atoms with Crippen molar-refractivity contribution in [2.45, 2.75) is 45.5 Å². The van der Waals surface area contributed by atoms with Crippen molar-refractivity contribution in [3.63, 3.8) is 0 Å². The molecule has 0 aromatic heterocycles. The van der Waals surface area contributed by atoms with Crippen molar-refractivity contribution < 1.29 is 9.13 Å². The molecule has 0 N–H and O–H groups in total. The summed E-state index contributed by atoms with van der Waals surface area (Å²) in [6, 6.07) is 0.447. The second-order valence-electron chi connectivity index (χ2n) is 4.51. The summed E-state index contributed by atoms with van der Waals surface area (Å²) >= 11 is 0. The van der Waals surface area contributed by atoms with Crippen LogP contribution in [-0.4, -0.2) is 42.4 Å². The number of rotatable bonds is 4. The summed E-state index contributed by atoms with van der Waals surface area (Å²) in [5, 5.41) is 0. The first-order chi connectivity index (χ1) is 5.93. The van der Waals surface area contributed by atoms with E-state index in [1.807, 2.05) is 13.8 Å². The van der Waals surface area contributed by atoms with Gasteiger partial charge in [-0.3, -0.25) is 4.90 Å². The Hall–Kier alpha value is -0.150. The molecule has 1 saturated heterocycles. The van der Waals surface area contributed by atoms with Gasteiger partial charge in [0.2, 0.25) is 0 Å². The van der Waals surface area contributed by atoms with Gasteiger partial charge in [-0.05, 0) is 27.7 Å². The third kappa shape index (κ3) is 2.92. The molecule has 0 spiro atoms. The number of hydrogen-bond donors (Lipinski definition) is 0. The third-order valence-corrected chi connectivity index (χ3v) is 2.38. The van der Waals surface area contributed by atoms with E-state index in [2.05, 4.69) is 18.7 Å². The first kappa shape index (κ1) is 10.9. The molecule has 1 aliphatic rings. The van der Waals surface area contributed by atoms with Crippen LogP contribution >= 0.6 is 0 Å². The molecule has 1 heterocycles. The number of halogens is 1. The third-order valence-electron chi connectivity index (χ3n) is 2.38. The minimum Gasteiger partial charge on any atom is -0.375 e. The summed E-state index contributed by atoms with van der Waals surface area (Å²) in [5.74, 6) is 0. The van der Waals surface area contributed by atoms with Crippen LogP contribution in [0.2, 0.25) is 0 Å². The summed E-state index contributed by atoms with van der Waals surface area (Å²) < 4.78 is 19.0. The number of nitrogens with zero attached hydrogens (tertiary/aromatic N) is 1. The van der Waals surface area contributed by atoms with Crippen molar-refractivity contribution in [2.75, 3.05) is 19.7 Å². The molecule has 1 rings (SSSR count). The highest BCUT2D eigenvalue weighted by Crippen LogP contribution is 2.27. The molecular formula is C10H20FNO. The van der Waals surface area contributed by atoms with Crippen molar-refractivity contribution in [1.82, 2.24) is 4.90 Å². The van der Waals surface area contributed by atoms with Crippen LogP contribution in [0.15, 0.2) is 0 Å². The maximum atomic E-state index is 13.7. The molecule has 0 aromatic carbocycles. The highest BCUT2D eigenvalue weighted by Gasteiger charge is 2.44. The zero-order valence-corrected chi connectivity index (χ0v) is 9.01. The lowest BCUT2D eigenvalue weighted by Gasteiger charge is -2.46. The van der Waals surface area contributed by atoms with Crippen LogP contribution in [0.1, 0.15) is 27.7 Å². The molecular weight excluding hydrogens is 169 g/mol. The number of alkyl halides is 1. The van der Waals surface area contributed by atoms with E-state index >= 15 is 0 Å². The number of hydrogen-bond acceptors (Lipinski definition) is 2. The van der Waals surface area contributed by atoms with Gasteiger partial charge in [0.1, 0.15) is 0 Å². The van der Waals surface area contributed by atoms with Crippen LogP contribution < -0.4 is 0 Å². The Morgan fingerprint density at radius 3 is 2.23 bits per heavy atom. The van der Waals surface area contributed by atoms with Crippen molar-refractivity contribution in [2.24, 2.45) is 0 Å². The van der Waals surface area contributed by atoms with Gasteiger partial charge < -0.3 is 4.74 Å². The smallest absolute Gasteiger partial charge is 0.159 e. The molecule has 0 radical (unpaired) electrons.